The van der Waals surface area contributed by atoms with Crippen LogP contribution in [-0.4, -0.2) is 31.6 Å². The molecule has 1 aromatic carbocycles. The number of likely N-dealkylation sites (N-methyl/N-ethyl adjacent to an activating group) is 1. The van der Waals surface area contributed by atoms with Gasteiger partial charge in [-0.05, 0) is 69.0 Å². The van der Waals surface area contributed by atoms with E-state index >= 15 is 0 Å². The Balaban J connectivity index is 1.68. The quantitative estimate of drug-likeness (QED) is 0.799. The number of likely N-dealkylation sites (tertiary alicyclic amines) is 1. The van der Waals surface area contributed by atoms with Crippen molar-refractivity contribution in [2.24, 2.45) is 5.92 Å². The monoisotopic (exact) mass is 337 g/mol. The number of rotatable bonds is 1. The minimum atomic E-state index is -0.00324. The predicted molar refractivity (Wildman–Crippen MR) is 93.4 cm³/mol. The molecule has 6 rings (SSSR count). The van der Waals surface area contributed by atoms with Crippen molar-refractivity contribution in [2.75, 3.05) is 20.7 Å². The standard InChI is InChI=1S/C21H23NO3/c1-11-8-13-9-14-15-10-12-4-5-16(23-3)19-17(12)21(14,6-7-22(15)2)20(25-19)18(13)24-11/h4-5,8,14-15,20H,6-7,9-10H2,1-3H3/t14?,15?,20-,21?/m0/s1. The summed E-state index contributed by atoms with van der Waals surface area (Å²) in [6.07, 6.45) is 3.33. The lowest BCUT2D eigenvalue weighted by molar-refractivity contribution is -0.0325. The molecular weight excluding hydrogens is 314 g/mol. The molecule has 0 amide bonds. The molecule has 0 radical (unpaired) electrons. The normalized spacial score (nSPS) is 34.3. The van der Waals surface area contributed by atoms with Gasteiger partial charge in [0.2, 0.25) is 0 Å². The van der Waals surface area contributed by atoms with Crippen LogP contribution in [0.15, 0.2) is 22.6 Å². The number of methoxy groups -OCH3 is 1. The summed E-state index contributed by atoms with van der Waals surface area (Å²) >= 11 is 0. The molecule has 0 N–H and O–H groups in total. The second-order valence-corrected chi connectivity index (χ2v) is 8.23. The van der Waals surface area contributed by atoms with E-state index in [2.05, 4.69) is 30.1 Å². The number of aryl methyl sites for hydroxylation is 1. The summed E-state index contributed by atoms with van der Waals surface area (Å²) in [5.74, 6) is 4.47. The lowest BCUT2D eigenvalue weighted by atomic mass is 9.52. The Morgan fingerprint density at radius 1 is 1.24 bits per heavy atom. The molecule has 2 aliphatic heterocycles. The molecule has 4 atom stereocenters. The van der Waals surface area contributed by atoms with Crippen LogP contribution < -0.4 is 9.47 Å². The topological polar surface area (TPSA) is 34.8 Å². The van der Waals surface area contributed by atoms with Gasteiger partial charge in [0.05, 0.1) is 7.11 Å². The van der Waals surface area contributed by atoms with Gasteiger partial charge in [-0.25, -0.2) is 0 Å². The van der Waals surface area contributed by atoms with Gasteiger partial charge in [-0.1, -0.05) is 6.07 Å². The highest BCUT2D eigenvalue weighted by Crippen LogP contribution is 2.67. The van der Waals surface area contributed by atoms with Crippen molar-refractivity contribution in [3.05, 3.63) is 46.4 Å². The van der Waals surface area contributed by atoms with Crippen LogP contribution in [0.5, 0.6) is 11.5 Å². The summed E-state index contributed by atoms with van der Waals surface area (Å²) in [5, 5.41) is 0. The van der Waals surface area contributed by atoms with E-state index in [1.807, 2.05) is 6.92 Å². The van der Waals surface area contributed by atoms with E-state index in [9.17, 15) is 0 Å². The van der Waals surface area contributed by atoms with Crippen LogP contribution in [0.2, 0.25) is 0 Å². The van der Waals surface area contributed by atoms with Crippen LogP contribution >= 0.6 is 0 Å². The molecule has 130 valence electrons. The Labute approximate surface area is 147 Å². The van der Waals surface area contributed by atoms with Crippen molar-refractivity contribution < 1.29 is 13.9 Å². The molecule has 3 heterocycles. The van der Waals surface area contributed by atoms with Crippen LogP contribution in [0.25, 0.3) is 0 Å². The van der Waals surface area contributed by atoms with Gasteiger partial charge >= 0.3 is 0 Å². The number of benzene rings is 1. The SMILES string of the molecule is COc1ccc2c3c1O[C@H]1c4oc(C)cc4CC4C(C2)N(C)CCC341. The minimum absolute atomic E-state index is 0.00324. The molecule has 3 unspecified atom stereocenters. The van der Waals surface area contributed by atoms with Crippen molar-refractivity contribution in [2.45, 2.75) is 43.7 Å². The molecular formula is C21H23NO3. The van der Waals surface area contributed by atoms with E-state index in [4.69, 9.17) is 13.9 Å². The Kier molecular flexibility index (Phi) is 2.52. The summed E-state index contributed by atoms with van der Waals surface area (Å²) in [4.78, 5) is 2.57. The molecule has 2 bridgehead atoms. The maximum absolute atomic E-state index is 6.64. The largest absolute Gasteiger partial charge is 0.493 e. The molecule has 4 heteroatoms. The van der Waals surface area contributed by atoms with E-state index in [1.54, 1.807) is 7.11 Å². The van der Waals surface area contributed by atoms with Gasteiger partial charge in [-0.15, -0.1) is 0 Å². The van der Waals surface area contributed by atoms with E-state index in [0.29, 0.717) is 12.0 Å². The Hall–Kier alpha value is -1.94. The van der Waals surface area contributed by atoms with Crippen molar-refractivity contribution in [1.29, 1.82) is 0 Å². The summed E-state index contributed by atoms with van der Waals surface area (Å²) in [6, 6.07) is 7.13. The van der Waals surface area contributed by atoms with E-state index in [1.165, 1.54) is 16.7 Å². The van der Waals surface area contributed by atoms with Crippen LogP contribution in [0, 0.1) is 12.8 Å². The number of hydrogen-bond donors (Lipinski definition) is 0. The highest BCUT2D eigenvalue weighted by Gasteiger charge is 2.65. The summed E-state index contributed by atoms with van der Waals surface area (Å²) < 4.78 is 18.5. The first-order valence-electron chi connectivity index (χ1n) is 9.30. The van der Waals surface area contributed by atoms with Gasteiger partial charge < -0.3 is 18.8 Å². The first-order valence-corrected chi connectivity index (χ1v) is 9.30. The summed E-state index contributed by atoms with van der Waals surface area (Å²) in [5.41, 5.74) is 4.26. The molecule has 2 aromatic rings. The van der Waals surface area contributed by atoms with Crippen molar-refractivity contribution >= 4 is 0 Å². The van der Waals surface area contributed by atoms with Gasteiger partial charge in [0, 0.05) is 17.0 Å². The van der Waals surface area contributed by atoms with Gasteiger partial charge in [0.25, 0.3) is 0 Å². The fraction of sp³-hybridized carbons (Fsp3) is 0.524. The fourth-order valence-corrected chi connectivity index (χ4v) is 6.25. The molecule has 0 saturated carbocycles. The Morgan fingerprint density at radius 2 is 2.12 bits per heavy atom. The number of piperidine rings is 1. The average molecular weight is 337 g/mol. The number of ether oxygens (including phenoxy) is 2. The average Bonchev–Trinajstić information content (AvgIpc) is 3.13. The highest BCUT2D eigenvalue weighted by molar-refractivity contribution is 5.62. The predicted octanol–water partition coefficient (Wildman–Crippen LogP) is 3.40. The molecule has 1 fully saturated rings. The zero-order valence-electron chi connectivity index (χ0n) is 15.0. The highest BCUT2D eigenvalue weighted by atomic mass is 16.5. The lowest BCUT2D eigenvalue weighted by Gasteiger charge is -2.56. The van der Waals surface area contributed by atoms with Gasteiger partial charge in [-0.2, -0.15) is 0 Å². The van der Waals surface area contributed by atoms with Crippen LogP contribution in [0.3, 0.4) is 0 Å². The van der Waals surface area contributed by atoms with Crippen LogP contribution in [0.4, 0.5) is 0 Å². The van der Waals surface area contributed by atoms with Gasteiger partial charge in [0.1, 0.15) is 11.5 Å². The fourth-order valence-electron chi connectivity index (χ4n) is 6.25. The second kappa shape index (κ2) is 4.42. The van der Waals surface area contributed by atoms with Crippen molar-refractivity contribution in [3.8, 4) is 11.5 Å². The molecule has 4 aliphatic rings. The third kappa shape index (κ3) is 1.49. The summed E-state index contributed by atoms with van der Waals surface area (Å²) in [7, 11) is 4.02. The molecule has 25 heavy (non-hydrogen) atoms. The van der Waals surface area contributed by atoms with E-state index < -0.39 is 0 Å². The molecule has 1 aromatic heterocycles. The molecule has 2 aliphatic carbocycles. The second-order valence-electron chi connectivity index (χ2n) is 8.23. The number of fused-ring (bicyclic) bond motifs is 2. The maximum Gasteiger partial charge on any atom is 0.167 e. The zero-order valence-corrected chi connectivity index (χ0v) is 15.0. The third-order valence-electron chi connectivity index (χ3n) is 7.24. The smallest absolute Gasteiger partial charge is 0.167 e. The van der Waals surface area contributed by atoms with E-state index in [-0.39, 0.29) is 11.5 Å². The lowest BCUT2D eigenvalue weighted by Crippen LogP contribution is -2.61. The van der Waals surface area contributed by atoms with Crippen molar-refractivity contribution in [1.82, 2.24) is 4.90 Å². The van der Waals surface area contributed by atoms with Gasteiger partial charge in [-0.3, -0.25) is 0 Å². The van der Waals surface area contributed by atoms with Crippen LogP contribution in [0.1, 0.15) is 40.7 Å². The number of nitrogens with zero attached hydrogens (tertiary/aromatic N) is 1. The first kappa shape index (κ1) is 14.3. The maximum atomic E-state index is 6.64. The third-order valence-corrected chi connectivity index (χ3v) is 7.24. The number of hydrogen-bond acceptors (Lipinski definition) is 4. The molecule has 1 spiro atoms. The number of furan rings is 1. The Morgan fingerprint density at radius 3 is 2.96 bits per heavy atom. The zero-order chi connectivity index (χ0) is 16.9. The molecule has 1 saturated heterocycles. The Bertz CT molecular complexity index is 901. The van der Waals surface area contributed by atoms with Crippen LogP contribution in [-0.2, 0) is 18.3 Å². The minimum Gasteiger partial charge on any atom is -0.493 e. The van der Waals surface area contributed by atoms with Crippen molar-refractivity contribution in [3.63, 3.8) is 0 Å². The van der Waals surface area contributed by atoms with E-state index in [0.717, 1.165) is 48.8 Å². The van der Waals surface area contributed by atoms with Gasteiger partial charge in [0.15, 0.2) is 17.6 Å². The molecule has 4 nitrogen and oxygen atoms in total. The summed E-state index contributed by atoms with van der Waals surface area (Å²) in [6.45, 7) is 3.16. The first-order chi connectivity index (χ1) is 12.1.